The minimum absolute atomic E-state index is 0.559. The van der Waals surface area contributed by atoms with E-state index in [2.05, 4.69) is 228 Å². The molecular formula is C55H36N2O. The first-order valence-corrected chi connectivity index (χ1v) is 19.9. The van der Waals surface area contributed by atoms with Crippen LogP contribution < -0.4 is 9.64 Å². The summed E-state index contributed by atoms with van der Waals surface area (Å²) in [5.41, 5.74) is 15.8. The number of fused-ring (bicyclic) bond motifs is 12. The zero-order valence-electron chi connectivity index (χ0n) is 31.6. The molecule has 0 amide bonds. The summed E-state index contributed by atoms with van der Waals surface area (Å²) in [6.45, 7) is 0. The summed E-state index contributed by atoms with van der Waals surface area (Å²) in [7, 11) is 0. The van der Waals surface area contributed by atoms with Crippen LogP contribution in [0.2, 0.25) is 0 Å². The van der Waals surface area contributed by atoms with Gasteiger partial charge in [-0.25, -0.2) is 0 Å². The van der Waals surface area contributed by atoms with E-state index in [0.717, 1.165) is 50.9 Å². The number of hydrogen-bond donors (Lipinski definition) is 0. The molecule has 58 heavy (non-hydrogen) atoms. The molecule has 0 bridgehead atoms. The van der Waals surface area contributed by atoms with E-state index >= 15 is 0 Å². The Morgan fingerprint density at radius 2 is 0.966 bits per heavy atom. The first-order chi connectivity index (χ1) is 28.8. The van der Waals surface area contributed by atoms with Crippen molar-refractivity contribution in [1.82, 2.24) is 4.57 Å². The molecule has 0 saturated heterocycles. The number of para-hydroxylation sites is 4. The highest BCUT2D eigenvalue weighted by molar-refractivity contribution is 6.10. The molecule has 0 fully saturated rings. The van der Waals surface area contributed by atoms with E-state index < -0.39 is 5.41 Å². The lowest BCUT2D eigenvalue weighted by Crippen LogP contribution is -2.32. The maximum Gasteiger partial charge on any atom is 0.132 e. The number of benzene rings is 9. The fourth-order valence-electron chi connectivity index (χ4n) is 9.82. The molecule has 10 aromatic rings. The van der Waals surface area contributed by atoms with Gasteiger partial charge in [0.05, 0.1) is 16.4 Å². The second-order valence-electron chi connectivity index (χ2n) is 15.3. The molecule has 1 spiro atoms. The molecular weight excluding hydrogens is 705 g/mol. The standard InChI is InChI=1S/C55H36N2O/c1-4-16-37(17-5-1)38-28-32-50-54(34-38)58-53-27-15-13-25-49(53)55(50)47-24-12-10-22-43(47)46-35-41(30-33-48(46)55)56(39-18-6-2-7-19-39)42-29-31-45-44-23-11-14-26-51(44)57(52(45)36-42)40-20-8-3-9-21-40/h1-36H. The Labute approximate surface area is 337 Å². The highest BCUT2D eigenvalue weighted by atomic mass is 16.5. The van der Waals surface area contributed by atoms with Crippen LogP contribution in [0, 0.1) is 0 Å². The fraction of sp³-hybridized carbons (Fsp3) is 0.0182. The lowest BCUT2D eigenvalue weighted by Gasteiger charge is -2.39. The van der Waals surface area contributed by atoms with E-state index in [-0.39, 0.29) is 0 Å². The van der Waals surface area contributed by atoms with Crippen LogP contribution in [0.1, 0.15) is 22.3 Å². The van der Waals surface area contributed by atoms with Crippen molar-refractivity contribution in [3.63, 3.8) is 0 Å². The van der Waals surface area contributed by atoms with Crippen molar-refractivity contribution in [3.05, 3.63) is 241 Å². The Bertz CT molecular complexity index is 3200. The van der Waals surface area contributed by atoms with Gasteiger partial charge in [0.2, 0.25) is 0 Å². The molecule has 1 aromatic heterocycles. The van der Waals surface area contributed by atoms with Gasteiger partial charge in [0.15, 0.2) is 0 Å². The highest BCUT2D eigenvalue weighted by Crippen LogP contribution is 2.63. The summed E-state index contributed by atoms with van der Waals surface area (Å²) < 4.78 is 9.21. The average Bonchev–Trinajstić information content (AvgIpc) is 3.77. The number of nitrogens with zero attached hydrogens (tertiary/aromatic N) is 2. The minimum atomic E-state index is -0.559. The van der Waals surface area contributed by atoms with Crippen LogP contribution in [-0.2, 0) is 5.41 Å². The lowest BCUT2D eigenvalue weighted by molar-refractivity contribution is 0.436. The average molecular weight is 741 g/mol. The molecule has 12 rings (SSSR count). The normalized spacial score (nSPS) is 14.8. The van der Waals surface area contributed by atoms with Gasteiger partial charge in [0, 0.05) is 44.6 Å². The van der Waals surface area contributed by atoms with Crippen LogP contribution in [0.3, 0.4) is 0 Å². The summed E-state index contributed by atoms with van der Waals surface area (Å²) in [6.07, 6.45) is 0. The van der Waals surface area contributed by atoms with Crippen molar-refractivity contribution in [2.75, 3.05) is 4.90 Å². The SMILES string of the molecule is c1ccc(-c2ccc3c(c2)Oc2ccccc2C32c3ccccc3-c3cc(N(c4ccccc4)c4ccc5c6ccccc6n(-c6ccccc6)c5c4)ccc32)cc1. The van der Waals surface area contributed by atoms with Crippen LogP contribution in [0.25, 0.3) is 49.7 Å². The summed E-state index contributed by atoms with van der Waals surface area (Å²) in [5.74, 6) is 1.78. The van der Waals surface area contributed by atoms with Gasteiger partial charge in [0.25, 0.3) is 0 Å². The monoisotopic (exact) mass is 740 g/mol. The molecule has 9 aromatic carbocycles. The zero-order valence-corrected chi connectivity index (χ0v) is 31.6. The Balaban J connectivity index is 1.09. The third-order valence-electron chi connectivity index (χ3n) is 12.2. The van der Waals surface area contributed by atoms with Crippen LogP contribution in [0.4, 0.5) is 17.1 Å². The van der Waals surface area contributed by atoms with E-state index in [1.54, 1.807) is 0 Å². The van der Waals surface area contributed by atoms with Crippen LogP contribution >= 0.6 is 0 Å². The van der Waals surface area contributed by atoms with Gasteiger partial charge >= 0.3 is 0 Å². The summed E-state index contributed by atoms with van der Waals surface area (Å²) in [5, 5.41) is 2.47. The van der Waals surface area contributed by atoms with Crippen molar-refractivity contribution in [3.8, 4) is 39.4 Å². The molecule has 2 aliphatic rings. The van der Waals surface area contributed by atoms with E-state index in [1.165, 1.54) is 49.6 Å². The second kappa shape index (κ2) is 12.7. The number of aromatic nitrogens is 1. The smallest absolute Gasteiger partial charge is 0.132 e. The van der Waals surface area contributed by atoms with Crippen LogP contribution in [0.15, 0.2) is 218 Å². The van der Waals surface area contributed by atoms with Gasteiger partial charge in [-0.2, -0.15) is 0 Å². The third-order valence-corrected chi connectivity index (χ3v) is 12.2. The molecule has 0 saturated carbocycles. The molecule has 1 atom stereocenters. The lowest BCUT2D eigenvalue weighted by atomic mass is 9.66. The number of ether oxygens (including phenoxy) is 1. The Morgan fingerprint density at radius 1 is 0.362 bits per heavy atom. The molecule has 2 heterocycles. The molecule has 3 heteroatoms. The number of hydrogen-bond acceptors (Lipinski definition) is 2. The third kappa shape index (κ3) is 4.68. The minimum Gasteiger partial charge on any atom is -0.457 e. The summed E-state index contributed by atoms with van der Waals surface area (Å²) in [4.78, 5) is 2.40. The zero-order chi connectivity index (χ0) is 38.2. The first-order valence-electron chi connectivity index (χ1n) is 19.9. The maximum absolute atomic E-state index is 6.82. The van der Waals surface area contributed by atoms with Gasteiger partial charge in [-0.15, -0.1) is 0 Å². The largest absolute Gasteiger partial charge is 0.457 e. The Morgan fingerprint density at radius 3 is 1.81 bits per heavy atom. The van der Waals surface area contributed by atoms with E-state index in [4.69, 9.17) is 4.74 Å². The second-order valence-corrected chi connectivity index (χ2v) is 15.3. The quantitative estimate of drug-likeness (QED) is 0.175. The van der Waals surface area contributed by atoms with E-state index in [1.807, 2.05) is 0 Å². The summed E-state index contributed by atoms with van der Waals surface area (Å²) >= 11 is 0. The van der Waals surface area contributed by atoms with Crippen molar-refractivity contribution in [2.45, 2.75) is 5.41 Å². The predicted molar refractivity (Wildman–Crippen MR) is 238 cm³/mol. The van der Waals surface area contributed by atoms with E-state index in [0.29, 0.717) is 0 Å². The van der Waals surface area contributed by atoms with Crippen molar-refractivity contribution < 1.29 is 4.74 Å². The fourth-order valence-corrected chi connectivity index (χ4v) is 9.82. The maximum atomic E-state index is 6.82. The molecule has 1 aliphatic carbocycles. The van der Waals surface area contributed by atoms with E-state index in [9.17, 15) is 0 Å². The topological polar surface area (TPSA) is 17.4 Å². The molecule has 0 N–H and O–H groups in total. The van der Waals surface area contributed by atoms with Gasteiger partial charge < -0.3 is 14.2 Å². The molecule has 272 valence electrons. The van der Waals surface area contributed by atoms with Gasteiger partial charge in [-0.3, -0.25) is 0 Å². The first kappa shape index (κ1) is 32.6. The van der Waals surface area contributed by atoms with Gasteiger partial charge in [-0.1, -0.05) is 152 Å². The molecule has 1 unspecified atom stereocenters. The predicted octanol–water partition coefficient (Wildman–Crippen LogP) is 14.4. The molecule has 3 nitrogen and oxygen atoms in total. The Kier molecular flexibility index (Phi) is 7.14. The van der Waals surface area contributed by atoms with Gasteiger partial charge in [0.1, 0.15) is 11.5 Å². The number of anilines is 3. The highest BCUT2D eigenvalue weighted by Gasteiger charge is 2.51. The van der Waals surface area contributed by atoms with Crippen molar-refractivity contribution in [1.29, 1.82) is 0 Å². The molecule has 0 radical (unpaired) electrons. The number of rotatable bonds is 5. The molecule has 1 aliphatic heterocycles. The Hall–Kier alpha value is -7.62. The van der Waals surface area contributed by atoms with Gasteiger partial charge in [-0.05, 0) is 100 Å². The van der Waals surface area contributed by atoms with Crippen LogP contribution in [0.5, 0.6) is 11.5 Å². The van der Waals surface area contributed by atoms with Crippen molar-refractivity contribution >= 4 is 38.9 Å². The van der Waals surface area contributed by atoms with Crippen molar-refractivity contribution in [2.24, 2.45) is 0 Å². The summed E-state index contributed by atoms with van der Waals surface area (Å²) in [6, 6.07) is 79.0. The van der Waals surface area contributed by atoms with Crippen LogP contribution in [-0.4, -0.2) is 4.57 Å².